The molecule has 4 rings (SSSR count). The van der Waals surface area contributed by atoms with Gasteiger partial charge in [0.05, 0.1) is 23.6 Å². The first kappa shape index (κ1) is 14.3. The van der Waals surface area contributed by atoms with Gasteiger partial charge in [0.25, 0.3) is 0 Å². The van der Waals surface area contributed by atoms with E-state index in [1.54, 1.807) is 24.8 Å². The number of fused-ring (bicyclic) bond motifs is 1. The average Bonchev–Trinajstić information content (AvgIpc) is 3.24. The van der Waals surface area contributed by atoms with E-state index in [0.29, 0.717) is 0 Å². The first-order valence-electron chi connectivity index (χ1n) is 7.18. The Labute approximate surface area is 141 Å². The molecule has 0 aliphatic heterocycles. The van der Waals surface area contributed by atoms with E-state index in [4.69, 9.17) is 0 Å². The van der Waals surface area contributed by atoms with Gasteiger partial charge in [-0.3, -0.25) is 10.1 Å². The van der Waals surface area contributed by atoms with Gasteiger partial charge in [-0.05, 0) is 30.5 Å². The molecule has 0 bridgehead atoms. The summed E-state index contributed by atoms with van der Waals surface area (Å²) in [5.41, 5.74) is 3.69. The fourth-order valence-corrected chi connectivity index (χ4v) is 3.03. The number of benzene rings is 1. The Morgan fingerprint density at radius 2 is 2.04 bits per heavy atom. The lowest BCUT2D eigenvalue weighted by Crippen LogP contribution is -1.89. The van der Waals surface area contributed by atoms with Crippen LogP contribution in [-0.2, 0) is 0 Å². The Bertz CT molecular complexity index is 1000. The van der Waals surface area contributed by atoms with Crippen molar-refractivity contribution in [1.29, 1.82) is 0 Å². The van der Waals surface area contributed by atoms with Gasteiger partial charge >= 0.3 is 0 Å². The average molecular weight is 335 g/mol. The molecule has 1 aromatic carbocycles. The molecule has 24 heavy (non-hydrogen) atoms. The number of nitrogens with zero attached hydrogens (tertiary/aromatic N) is 4. The van der Waals surface area contributed by atoms with Crippen molar-refractivity contribution in [3.63, 3.8) is 0 Å². The maximum Gasteiger partial charge on any atom is 0.210 e. The Hall–Kier alpha value is -3.26. The highest BCUT2D eigenvalue weighted by Gasteiger charge is 2.08. The predicted molar refractivity (Wildman–Crippen MR) is 96.3 cm³/mol. The minimum Gasteiger partial charge on any atom is -0.361 e. The third-order valence-corrected chi connectivity index (χ3v) is 4.26. The number of H-pyrrole nitrogens is 1. The van der Waals surface area contributed by atoms with E-state index in [9.17, 15) is 0 Å². The highest BCUT2D eigenvalue weighted by Crippen LogP contribution is 2.29. The van der Waals surface area contributed by atoms with E-state index >= 15 is 0 Å². The number of aromatic amines is 1. The molecule has 0 saturated carbocycles. The summed E-state index contributed by atoms with van der Waals surface area (Å²) in [6.07, 6.45) is 6.89. The van der Waals surface area contributed by atoms with Crippen molar-refractivity contribution in [3.05, 3.63) is 55.6 Å². The summed E-state index contributed by atoms with van der Waals surface area (Å²) >= 11 is 1.46. The maximum absolute atomic E-state index is 4.23. The van der Waals surface area contributed by atoms with Crippen molar-refractivity contribution in [1.82, 2.24) is 25.4 Å². The van der Waals surface area contributed by atoms with Crippen molar-refractivity contribution < 1.29 is 0 Å². The molecule has 0 unspecified atom stereocenters. The van der Waals surface area contributed by atoms with Crippen molar-refractivity contribution in [2.24, 2.45) is 0 Å². The van der Waals surface area contributed by atoms with Gasteiger partial charge in [0, 0.05) is 22.8 Å². The van der Waals surface area contributed by atoms with Crippen LogP contribution in [0, 0.1) is 0 Å². The third-order valence-electron chi connectivity index (χ3n) is 3.37. The molecule has 3 aromatic heterocycles. The lowest BCUT2D eigenvalue weighted by molar-refractivity contribution is 1.09. The number of pyridine rings is 1. The van der Waals surface area contributed by atoms with Crippen LogP contribution < -0.4 is 10.6 Å². The van der Waals surface area contributed by atoms with E-state index < -0.39 is 0 Å². The van der Waals surface area contributed by atoms with Gasteiger partial charge in [0.15, 0.2) is 5.01 Å². The highest BCUT2D eigenvalue weighted by atomic mass is 32.1. The second-order valence-electron chi connectivity index (χ2n) is 5.02. The number of hydrogen-bond donors (Lipinski definition) is 3. The SMILES string of the molecule is C=CNc1cncc(-c2nnc(Nc3ccc4[nH]ncc4c3)s2)c1. The molecule has 3 heterocycles. The summed E-state index contributed by atoms with van der Waals surface area (Å²) in [6, 6.07) is 7.91. The van der Waals surface area contributed by atoms with E-state index in [2.05, 4.69) is 42.6 Å². The number of anilines is 3. The van der Waals surface area contributed by atoms with Gasteiger partial charge in [-0.15, -0.1) is 10.2 Å². The molecule has 8 heteroatoms. The maximum atomic E-state index is 4.23. The third kappa shape index (κ3) is 2.82. The number of rotatable bonds is 5. The van der Waals surface area contributed by atoms with Crippen molar-refractivity contribution in [2.75, 3.05) is 10.6 Å². The number of hydrogen-bond acceptors (Lipinski definition) is 7. The molecular weight excluding hydrogens is 322 g/mol. The van der Waals surface area contributed by atoms with Gasteiger partial charge < -0.3 is 10.6 Å². The second kappa shape index (κ2) is 6.09. The van der Waals surface area contributed by atoms with E-state index in [-0.39, 0.29) is 0 Å². The van der Waals surface area contributed by atoms with Crippen molar-refractivity contribution in [2.45, 2.75) is 0 Å². The van der Waals surface area contributed by atoms with Crippen LogP contribution in [0.1, 0.15) is 0 Å². The molecule has 0 aliphatic rings. The molecule has 0 spiro atoms. The minimum atomic E-state index is 0.718. The number of nitrogens with one attached hydrogen (secondary N) is 3. The van der Waals surface area contributed by atoms with Crippen LogP contribution in [0.4, 0.5) is 16.5 Å². The molecular formula is C16H13N7S. The molecule has 0 amide bonds. The predicted octanol–water partition coefficient (Wildman–Crippen LogP) is 3.78. The minimum absolute atomic E-state index is 0.718. The zero-order valence-corrected chi connectivity index (χ0v) is 13.3. The highest BCUT2D eigenvalue weighted by molar-refractivity contribution is 7.18. The normalized spacial score (nSPS) is 10.7. The summed E-state index contributed by atoms with van der Waals surface area (Å²) in [5, 5.41) is 24.2. The van der Waals surface area contributed by atoms with Crippen LogP contribution >= 0.6 is 11.3 Å². The monoisotopic (exact) mass is 335 g/mol. The zero-order valence-electron chi connectivity index (χ0n) is 12.5. The number of aromatic nitrogens is 5. The Morgan fingerprint density at radius 3 is 2.96 bits per heavy atom. The summed E-state index contributed by atoms with van der Waals surface area (Å²) in [6.45, 7) is 3.65. The molecule has 7 nitrogen and oxygen atoms in total. The van der Waals surface area contributed by atoms with Gasteiger partial charge in [-0.25, -0.2) is 0 Å². The van der Waals surface area contributed by atoms with Crippen LogP contribution in [0.3, 0.4) is 0 Å². The molecule has 0 saturated heterocycles. The van der Waals surface area contributed by atoms with Gasteiger partial charge in [0.2, 0.25) is 5.13 Å². The largest absolute Gasteiger partial charge is 0.361 e. The topological polar surface area (TPSA) is 91.4 Å². The smallest absolute Gasteiger partial charge is 0.210 e. The first-order chi connectivity index (χ1) is 11.8. The first-order valence-corrected chi connectivity index (χ1v) is 8.00. The van der Waals surface area contributed by atoms with Gasteiger partial charge in [-0.1, -0.05) is 17.9 Å². The van der Waals surface area contributed by atoms with E-state index in [1.165, 1.54) is 11.3 Å². The summed E-state index contributed by atoms with van der Waals surface area (Å²) in [5.74, 6) is 0. The van der Waals surface area contributed by atoms with Crippen molar-refractivity contribution in [3.8, 4) is 10.6 Å². The van der Waals surface area contributed by atoms with Crippen LogP contribution in [0.15, 0.2) is 55.6 Å². The molecule has 0 radical (unpaired) electrons. The Morgan fingerprint density at radius 1 is 1.08 bits per heavy atom. The summed E-state index contributed by atoms with van der Waals surface area (Å²) < 4.78 is 0. The van der Waals surface area contributed by atoms with Crippen LogP contribution in [0.2, 0.25) is 0 Å². The summed E-state index contributed by atoms with van der Waals surface area (Å²) in [7, 11) is 0. The van der Waals surface area contributed by atoms with E-state index in [0.717, 1.165) is 38.0 Å². The second-order valence-corrected chi connectivity index (χ2v) is 6.00. The Balaban J connectivity index is 1.58. The van der Waals surface area contributed by atoms with Crippen LogP contribution in [0.25, 0.3) is 21.5 Å². The standard InChI is InChI=1S/C16H13N7S/c1-2-18-13-6-11(7-17-9-13)15-22-23-16(24-15)20-12-3-4-14-10(5-12)8-19-21-14/h2-9,18H,1H2,(H,19,21)(H,20,23). The lowest BCUT2D eigenvalue weighted by Gasteiger charge is -2.02. The van der Waals surface area contributed by atoms with Crippen LogP contribution in [-0.4, -0.2) is 25.4 Å². The molecule has 0 atom stereocenters. The van der Waals surface area contributed by atoms with Crippen LogP contribution in [0.5, 0.6) is 0 Å². The fraction of sp³-hybridized carbons (Fsp3) is 0. The fourth-order valence-electron chi connectivity index (χ4n) is 2.29. The zero-order chi connectivity index (χ0) is 16.4. The molecule has 4 aromatic rings. The molecule has 118 valence electrons. The Kier molecular flexibility index (Phi) is 3.64. The molecule has 0 fully saturated rings. The van der Waals surface area contributed by atoms with Gasteiger partial charge in [0.1, 0.15) is 0 Å². The van der Waals surface area contributed by atoms with Gasteiger partial charge in [-0.2, -0.15) is 5.10 Å². The summed E-state index contributed by atoms with van der Waals surface area (Å²) in [4.78, 5) is 4.20. The lowest BCUT2D eigenvalue weighted by atomic mass is 10.2. The van der Waals surface area contributed by atoms with E-state index in [1.807, 2.05) is 24.3 Å². The van der Waals surface area contributed by atoms with Crippen molar-refractivity contribution >= 4 is 38.7 Å². The molecule has 0 aliphatic carbocycles. The molecule has 3 N–H and O–H groups in total. The quantitative estimate of drug-likeness (QED) is 0.514.